The molecule has 1 heterocycles. The predicted octanol–water partition coefficient (Wildman–Crippen LogP) is 2.99. The Morgan fingerprint density at radius 2 is 1.88 bits per heavy atom. The van der Waals surface area contributed by atoms with E-state index < -0.39 is 0 Å². The maximum atomic E-state index is 12.9. The second-order valence-corrected chi connectivity index (χ2v) is 6.78. The summed E-state index contributed by atoms with van der Waals surface area (Å²) in [5.41, 5.74) is 4.94. The molecular weight excluding hydrogens is 296 g/mol. The van der Waals surface area contributed by atoms with Crippen LogP contribution in [0.3, 0.4) is 0 Å². The van der Waals surface area contributed by atoms with Gasteiger partial charge in [-0.25, -0.2) is 0 Å². The summed E-state index contributed by atoms with van der Waals surface area (Å²) >= 11 is 0. The fourth-order valence-electron chi connectivity index (χ4n) is 3.54. The van der Waals surface area contributed by atoms with E-state index in [2.05, 4.69) is 55.6 Å². The van der Waals surface area contributed by atoms with E-state index in [1.165, 1.54) is 16.7 Å². The summed E-state index contributed by atoms with van der Waals surface area (Å²) in [5, 5.41) is 2.22. The fraction of sp³-hybridized carbons (Fsp3) is 0.381. The van der Waals surface area contributed by atoms with Gasteiger partial charge in [-0.2, -0.15) is 0 Å². The number of quaternary nitrogens is 1. The van der Waals surface area contributed by atoms with Crippen molar-refractivity contribution in [3.8, 4) is 0 Å². The minimum Gasteiger partial charge on any atom is -0.330 e. The van der Waals surface area contributed by atoms with Gasteiger partial charge in [0.15, 0.2) is 6.04 Å². The number of para-hydroxylation sites is 1. The number of hydrogen-bond acceptors (Lipinski definition) is 1. The molecule has 1 amide bonds. The van der Waals surface area contributed by atoms with Crippen LogP contribution in [-0.4, -0.2) is 18.5 Å². The molecule has 126 valence electrons. The lowest BCUT2D eigenvalue weighted by atomic mass is 10.0. The molecular formula is C21H27N2O+. The highest BCUT2D eigenvalue weighted by molar-refractivity contribution is 5.97. The topological polar surface area (TPSA) is 36.9 Å². The van der Waals surface area contributed by atoms with Gasteiger partial charge in [-0.3, -0.25) is 4.79 Å². The van der Waals surface area contributed by atoms with E-state index in [4.69, 9.17) is 0 Å². The molecule has 1 aliphatic heterocycles. The van der Waals surface area contributed by atoms with Crippen LogP contribution in [0.2, 0.25) is 0 Å². The quantitative estimate of drug-likeness (QED) is 0.902. The average molecular weight is 323 g/mol. The first-order valence-electron chi connectivity index (χ1n) is 8.91. The van der Waals surface area contributed by atoms with Crippen LogP contribution in [0, 0.1) is 6.92 Å². The van der Waals surface area contributed by atoms with Gasteiger partial charge < -0.3 is 10.2 Å². The predicted molar refractivity (Wildman–Crippen MR) is 98.1 cm³/mol. The summed E-state index contributed by atoms with van der Waals surface area (Å²) in [7, 11) is 0. The number of nitrogens with two attached hydrogens (primary N) is 1. The van der Waals surface area contributed by atoms with E-state index in [0.717, 1.165) is 25.1 Å². The second kappa shape index (κ2) is 7.18. The van der Waals surface area contributed by atoms with E-state index in [1.807, 2.05) is 24.0 Å². The third-order valence-electron chi connectivity index (χ3n) is 5.01. The molecule has 0 unspecified atom stereocenters. The maximum absolute atomic E-state index is 12.9. The zero-order valence-corrected chi connectivity index (χ0v) is 14.8. The second-order valence-electron chi connectivity index (χ2n) is 6.78. The first-order chi connectivity index (χ1) is 11.6. The zero-order chi connectivity index (χ0) is 17.1. The summed E-state index contributed by atoms with van der Waals surface area (Å²) in [5.74, 6) is 0.213. The molecule has 2 aromatic rings. The monoisotopic (exact) mass is 323 g/mol. The van der Waals surface area contributed by atoms with Gasteiger partial charge in [-0.15, -0.1) is 0 Å². The Hall–Kier alpha value is -2.13. The molecule has 0 saturated carbocycles. The normalized spacial score (nSPS) is 15.9. The van der Waals surface area contributed by atoms with Crippen molar-refractivity contribution in [1.82, 2.24) is 0 Å². The highest BCUT2D eigenvalue weighted by Crippen LogP contribution is 2.27. The van der Waals surface area contributed by atoms with E-state index in [9.17, 15) is 4.79 Å². The summed E-state index contributed by atoms with van der Waals surface area (Å²) in [6.45, 7) is 7.12. The summed E-state index contributed by atoms with van der Waals surface area (Å²) < 4.78 is 0. The smallest absolute Gasteiger partial charge is 0.284 e. The Labute approximate surface area is 144 Å². The third-order valence-corrected chi connectivity index (χ3v) is 5.01. The molecule has 0 spiro atoms. The molecule has 0 fully saturated rings. The minimum absolute atomic E-state index is 0.0811. The number of amides is 1. The van der Waals surface area contributed by atoms with Crippen LogP contribution in [0.25, 0.3) is 0 Å². The number of benzene rings is 2. The summed E-state index contributed by atoms with van der Waals surface area (Å²) in [6, 6.07) is 17.1. The molecule has 2 N–H and O–H groups in total. The lowest BCUT2D eigenvalue weighted by Gasteiger charge is -2.24. The number of anilines is 1. The van der Waals surface area contributed by atoms with Crippen LogP contribution in [0.5, 0.6) is 0 Å². The van der Waals surface area contributed by atoms with Crippen molar-refractivity contribution >= 4 is 11.6 Å². The molecule has 1 aliphatic rings. The van der Waals surface area contributed by atoms with Crippen molar-refractivity contribution in [3.63, 3.8) is 0 Å². The van der Waals surface area contributed by atoms with Crippen molar-refractivity contribution in [1.29, 1.82) is 0 Å². The number of carbonyl (C=O) groups excluding carboxylic acids is 1. The van der Waals surface area contributed by atoms with Gasteiger partial charge in [0, 0.05) is 24.2 Å². The average Bonchev–Trinajstić information content (AvgIpc) is 3.03. The molecule has 0 radical (unpaired) electrons. The Morgan fingerprint density at radius 3 is 2.58 bits per heavy atom. The van der Waals surface area contributed by atoms with Gasteiger partial charge in [-0.05, 0) is 31.9 Å². The highest BCUT2D eigenvalue weighted by Gasteiger charge is 2.31. The number of carbonyl (C=O) groups is 1. The molecule has 3 nitrogen and oxygen atoms in total. The Balaban J connectivity index is 1.71. The highest BCUT2D eigenvalue weighted by atomic mass is 16.2. The first-order valence-corrected chi connectivity index (χ1v) is 8.91. The fourth-order valence-corrected chi connectivity index (χ4v) is 3.54. The molecule has 2 aromatic carbocycles. The summed E-state index contributed by atoms with van der Waals surface area (Å²) in [6.07, 6.45) is 1.97. The molecule has 24 heavy (non-hydrogen) atoms. The van der Waals surface area contributed by atoms with Gasteiger partial charge in [0.25, 0.3) is 5.91 Å². The Kier molecular flexibility index (Phi) is 5.00. The van der Waals surface area contributed by atoms with Crippen molar-refractivity contribution in [2.24, 2.45) is 0 Å². The molecule has 3 rings (SSSR count). The van der Waals surface area contributed by atoms with Crippen molar-refractivity contribution < 1.29 is 10.1 Å². The Bertz CT molecular complexity index is 708. The largest absolute Gasteiger partial charge is 0.330 e. The molecule has 2 atom stereocenters. The van der Waals surface area contributed by atoms with Crippen LogP contribution in [0.1, 0.15) is 43.0 Å². The number of aryl methyl sites for hydroxylation is 1. The van der Waals surface area contributed by atoms with Crippen molar-refractivity contribution in [2.45, 2.75) is 45.7 Å². The van der Waals surface area contributed by atoms with Crippen LogP contribution < -0.4 is 10.2 Å². The lowest BCUT2D eigenvalue weighted by Crippen LogP contribution is -2.92. The van der Waals surface area contributed by atoms with Gasteiger partial charge in [0.05, 0.1) is 0 Å². The van der Waals surface area contributed by atoms with E-state index >= 15 is 0 Å². The van der Waals surface area contributed by atoms with Crippen molar-refractivity contribution in [3.05, 3.63) is 65.2 Å². The van der Waals surface area contributed by atoms with Crippen LogP contribution >= 0.6 is 0 Å². The summed E-state index contributed by atoms with van der Waals surface area (Å²) in [4.78, 5) is 14.9. The molecule has 0 aliphatic carbocycles. The van der Waals surface area contributed by atoms with E-state index in [0.29, 0.717) is 6.04 Å². The third kappa shape index (κ3) is 3.36. The molecule has 3 heteroatoms. The van der Waals surface area contributed by atoms with Crippen LogP contribution in [0.4, 0.5) is 5.69 Å². The van der Waals surface area contributed by atoms with Gasteiger partial charge in [-0.1, -0.05) is 55.0 Å². The van der Waals surface area contributed by atoms with Gasteiger partial charge in [0.2, 0.25) is 0 Å². The van der Waals surface area contributed by atoms with Crippen LogP contribution in [-0.2, 0) is 11.2 Å². The SMILES string of the molecule is CC[C@H]([NH2+][C@H](C)C(=O)N1CCc2ccccc21)c1ccc(C)cc1. The number of nitrogens with zero attached hydrogens (tertiary/aromatic N) is 1. The standard InChI is InChI=1S/C21H26N2O/c1-4-19(17-11-9-15(2)10-12-17)22-16(3)21(24)23-14-13-18-7-5-6-8-20(18)23/h5-12,16,19,22H,4,13-14H2,1-3H3/p+1/t16-,19+/m1/s1. The Morgan fingerprint density at radius 1 is 1.17 bits per heavy atom. The van der Waals surface area contributed by atoms with Crippen LogP contribution in [0.15, 0.2) is 48.5 Å². The number of hydrogen-bond donors (Lipinski definition) is 1. The maximum Gasteiger partial charge on any atom is 0.284 e. The molecule has 0 bridgehead atoms. The zero-order valence-electron chi connectivity index (χ0n) is 14.8. The van der Waals surface area contributed by atoms with E-state index in [-0.39, 0.29) is 11.9 Å². The first kappa shape index (κ1) is 16.7. The molecule has 0 saturated heterocycles. The van der Waals surface area contributed by atoms with E-state index in [1.54, 1.807) is 0 Å². The van der Waals surface area contributed by atoms with Gasteiger partial charge >= 0.3 is 0 Å². The number of fused-ring (bicyclic) bond motifs is 1. The molecule has 0 aromatic heterocycles. The minimum atomic E-state index is -0.0811. The van der Waals surface area contributed by atoms with Gasteiger partial charge in [0.1, 0.15) is 6.04 Å². The number of rotatable bonds is 5. The van der Waals surface area contributed by atoms with Crippen molar-refractivity contribution in [2.75, 3.05) is 11.4 Å². The lowest BCUT2D eigenvalue weighted by molar-refractivity contribution is -0.713.